The fourth-order valence-electron chi connectivity index (χ4n) is 1.91. The SMILES string of the molecule is Cc1c(Br)ccc(OC(C(=O)O)c2ccccc2)c1C. The van der Waals surface area contributed by atoms with Crippen LogP contribution in [-0.2, 0) is 4.79 Å². The standard InChI is InChI=1S/C16H15BrO3/c1-10-11(2)14(9-8-13(10)17)20-15(16(18)19)12-6-4-3-5-7-12/h3-9,15H,1-2H3,(H,18,19). The molecule has 0 saturated carbocycles. The summed E-state index contributed by atoms with van der Waals surface area (Å²) >= 11 is 3.45. The van der Waals surface area contributed by atoms with Crippen LogP contribution in [0.25, 0.3) is 0 Å². The van der Waals surface area contributed by atoms with E-state index in [1.807, 2.05) is 26.0 Å². The Morgan fingerprint density at radius 2 is 1.75 bits per heavy atom. The van der Waals surface area contributed by atoms with Crippen molar-refractivity contribution < 1.29 is 14.6 Å². The third kappa shape index (κ3) is 3.02. The summed E-state index contributed by atoms with van der Waals surface area (Å²) < 4.78 is 6.69. The third-order valence-electron chi connectivity index (χ3n) is 3.24. The van der Waals surface area contributed by atoms with Gasteiger partial charge in [0.15, 0.2) is 0 Å². The van der Waals surface area contributed by atoms with Crippen LogP contribution in [-0.4, -0.2) is 11.1 Å². The molecule has 0 radical (unpaired) electrons. The summed E-state index contributed by atoms with van der Waals surface area (Å²) in [5.41, 5.74) is 2.60. The van der Waals surface area contributed by atoms with Crippen molar-refractivity contribution in [1.29, 1.82) is 0 Å². The van der Waals surface area contributed by atoms with Crippen molar-refractivity contribution >= 4 is 21.9 Å². The molecule has 3 nitrogen and oxygen atoms in total. The van der Waals surface area contributed by atoms with Gasteiger partial charge >= 0.3 is 5.97 Å². The summed E-state index contributed by atoms with van der Waals surface area (Å²) in [4.78, 5) is 11.4. The Bertz CT molecular complexity index is 623. The highest BCUT2D eigenvalue weighted by atomic mass is 79.9. The van der Waals surface area contributed by atoms with Gasteiger partial charge in [-0.15, -0.1) is 0 Å². The number of hydrogen-bond donors (Lipinski definition) is 1. The first-order valence-electron chi connectivity index (χ1n) is 6.21. The number of benzene rings is 2. The average Bonchev–Trinajstić information content (AvgIpc) is 2.45. The van der Waals surface area contributed by atoms with Crippen LogP contribution >= 0.6 is 15.9 Å². The molecule has 0 aromatic heterocycles. The van der Waals surface area contributed by atoms with Crippen LogP contribution in [0.5, 0.6) is 5.75 Å². The van der Waals surface area contributed by atoms with E-state index in [9.17, 15) is 9.90 Å². The van der Waals surface area contributed by atoms with Gasteiger partial charge in [-0.2, -0.15) is 0 Å². The number of ether oxygens (including phenoxy) is 1. The van der Waals surface area contributed by atoms with Crippen molar-refractivity contribution in [2.75, 3.05) is 0 Å². The number of aliphatic carboxylic acids is 1. The van der Waals surface area contributed by atoms with E-state index < -0.39 is 12.1 Å². The van der Waals surface area contributed by atoms with Gasteiger partial charge in [0, 0.05) is 10.0 Å². The molecule has 20 heavy (non-hydrogen) atoms. The fourth-order valence-corrected chi connectivity index (χ4v) is 2.34. The maximum Gasteiger partial charge on any atom is 0.349 e. The van der Waals surface area contributed by atoms with Crippen LogP contribution in [0.4, 0.5) is 0 Å². The molecule has 2 rings (SSSR count). The van der Waals surface area contributed by atoms with Gasteiger partial charge in [-0.1, -0.05) is 46.3 Å². The molecule has 4 heteroatoms. The summed E-state index contributed by atoms with van der Waals surface area (Å²) in [5, 5.41) is 9.37. The van der Waals surface area contributed by atoms with Crippen molar-refractivity contribution in [3.8, 4) is 5.75 Å². The largest absolute Gasteiger partial charge is 0.478 e. The lowest BCUT2D eigenvalue weighted by atomic mass is 10.1. The van der Waals surface area contributed by atoms with E-state index in [4.69, 9.17) is 4.74 Å². The fraction of sp³-hybridized carbons (Fsp3) is 0.188. The quantitative estimate of drug-likeness (QED) is 0.908. The number of carbonyl (C=O) groups is 1. The second-order valence-electron chi connectivity index (χ2n) is 4.54. The van der Waals surface area contributed by atoms with Crippen LogP contribution < -0.4 is 4.74 Å². The molecule has 104 valence electrons. The Kier molecular flexibility index (Phi) is 4.45. The van der Waals surface area contributed by atoms with Crippen LogP contribution in [0.3, 0.4) is 0 Å². The van der Waals surface area contributed by atoms with E-state index in [1.54, 1.807) is 30.3 Å². The van der Waals surface area contributed by atoms with E-state index in [1.165, 1.54) is 0 Å². The topological polar surface area (TPSA) is 46.5 Å². The second-order valence-corrected chi connectivity index (χ2v) is 5.40. The summed E-state index contributed by atoms with van der Waals surface area (Å²) in [7, 11) is 0. The number of rotatable bonds is 4. The van der Waals surface area contributed by atoms with Gasteiger partial charge in [0.05, 0.1) is 0 Å². The molecule has 0 saturated heterocycles. The highest BCUT2D eigenvalue weighted by molar-refractivity contribution is 9.10. The molecule has 0 aliphatic rings. The monoisotopic (exact) mass is 334 g/mol. The number of hydrogen-bond acceptors (Lipinski definition) is 2. The lowest BCUT2D eigenvalue weighted by Crippen LogP contribution is -2.18. The number of carboxylic acid groups (broad SMARTS) is 1. The van der Waals surface area contributed by atoms with Crippen LogP contribution in [0.1, 0.15) is 22.8 Å². The summed E-state index contributed by atoms with van der Waals surface area (Å²) in [5.74, 6) is -0.418. The van der Waals surface area contributed by atoms with Crippen LogP contribution in [0.2, 0.25) is 0 Å². The molecule has 0 heterocycles. The summed E-state index contributed by atoms with van der Waals surface area (Å²) in [6.45, 7) is 3.88. The third-order valence-corrected chi connectivity index (χ3v) is 4.10. The second kappa shape index (κ2) is 6.09. The maximum atomic E-state index is 11.4. The minimum Gasteiger partial charge on any atom is -0.478 e. The Labute approximate surface area is 126 Å². The smallest absolute Gasteiger partial charge is 0.349 e. The van der Waals surface area contributed by atoms with Gasteiger partial charge in [0.1, 0.15) is 5.75 Å². The summed E-state index contributed by atoms with van der Waals surface area (Å²) in [6.07, 6.45) is -1.00. The van der Waals surface area contributed by atoms with Gasteiger partial charge in [-0.05, 0) is 37.1 Å². The van der Waals surface area contributed by atoms with Gasteiger partial charge in [-0.3, -0.25) is 0 Å². The highest BCUT2D eigenvalue weighted by Crippen LogP contribution is 2.31. The van der Waals surface area contributed by atoms with Gasteiger partial charge in [0.2, 0.25) is 6.10 Å². The Hall–Kier alpha value is -1.81. The zero-order valence-corrected chi connectivity index (χ0v) is 12.8. The van der Waals surface area contributed by atoms with Gasteiger partial charge < -0.3 is 9.84 Å². The first kappa shape index (κ1) is 14.6. The molecule has 0 aliphatic carbocycles. The van der Waals surface area contributed by atoms with Gasteiger partial charge in [-0.25, -0.2) is 4.79 Å². The molecular weight excluding hydrogens is 320 g/mol. The first-order chi connectivity index (χ1) is 9.50. The molecule has 1 N–H and O–H groups in total. The molecule has 0 aliphatic heterocycles. The molecular formula is C16H15BrO3. The average molecular weight is 335 g/mol. The van der Waals surface area contributed by atoms with E-state index in [-0.39, 0.29) is 0 Å². The van der Waals surface area contributed by atoms with Crippen molar-refractivity contribution in [3.05, 3.63) is 63.6 Å². The molecule has 2 aromatic carbocycles. The lowest BCUT2D eigenvalue weighted by molar-refractivity contribution is -0.145. The van der Waals surface area contributed by atoms with E-state index >= 15 is 0 Å². The number of halogens is 1. The van der Waals surface area contributed by atoms with Crippen molar-refractivity contribution in [1.82, 2.24) is 0 Å². The maximum absolute atomic E-state index is 11.4. The normalized spacial score (nSPS) is 11.9. The Balaban J connectivity index is 2.35. The van der Waals surface area contributed by atoms with E-state index in [0.29, 0.717) is 11.3 Å². The van der Waals surface area contributed by atoms with E-state index in [2.05, 4.69) is 15.9 Å². The minimum atomic E-state index is -1.00. The zero-order valence-electron chi connectivity index (χ0n) is 11.3. The molecule has 0 fully saturated rings. The van der Waals surface area contributed by atoms with Crippen LogP contribution in [0, 0.1) is 13.8 Å². The highest BCUT2D eigenvalue weighted by Gasteiger charge is 2.22. The first-order valence-corrected chi connectivity index (χ1v) is 7.00. The van der Waals surface area contributed by atoms with Crippen molar-refractivity contribution in [3.63, 3.8) is 0 Å². The summed E-state index contributed by atoms with van der Waals surface area (Å²) in [6, 6.07) is 12.6. The molecule has 1 atom stereocenters. The molecule has 0 amide bonds. The van der Waals surface area contributed by atoms with Crippen molar-refractivity contribution in [2.45, 2.75) is 20.0 Å². The zero-order chi connectivity index (χ0) is 14.7. The molecule has 1 unspecified atom stereocenters. The predicted octanol–water partition coefficient (Wildman–Crippen LogP) is 4.27. The van der Waals surface area contributed by atoms with E-state index in [0.717, 1.165) is 15.6 Å². The Morgan fingerprint density at radius 1 is 1.10 bits per heavy atom. The van der Waals surface area contributed by atoms with Gasteiger partial charge in [0.25, 0.3) is 0 Å². The molecule has 2 aromatic rings. The van der Waals surface area contributed by atoms with Crippen LogP contribution in [0.15, 0.2) is 46.9 Å². The number of carboxylic acids is 1. The molecule has 0 bridgehead atoms. The Morgan fingerprint density at radius 3 is 2.35 bits per heavy atom. The predicted molar refractivity (Wildman–Crippen MR) is 81.1 cm³/mol. The molecule has 0 spiro atoms. The van der Waals surface area contributed by atoms with Crippen molar-refractivity contribution in [2.24, 2.45) is 0 Å². The lowest BCUT2D eigenvalue weighted by Gasteiger charge is -2.18. The minimum absolute atomic E-state index is 0.585.